The molecule has 2 aliphatic rings. The monoisotopic (exact) mass is 184 g/mol. The van der Waals surface area contributed by atoms with Crippen molar-refractivity contribution in [3.8, 4) is 0 Å². The molecule has 0 radical (unpaired) electrons. The molecule has 0 bridgehead atoms. The van der Waals surface area contributed by atoms with E-state index in [9.17, 15) is 0 Å². The number of hydrogen-bond donors (Lipinski definition) is 2. The number of nitrogens with one attached hydrogen (secondary N) is 2. The van der Waals surface area contributed by atoms with Crippen molar-refractivity contribution >= 4 is 0 Å². The van der Waals surface area contributed by atoms with Gasteiger partial charge in [0.25, 0.3) is 0 Å². The van der Waals surface area contributed by atoms with Gasteiger partial charge in [0.1, 0.15) is 0 Å². The summed E-state index contributed by atoms with van der Waals surface area (Å²) < 4.78 is 5.32. The van der Waals surface area contributed by atoms with Crippen LogP contribution < -0.4 is 10.6 Å². The van der Waals surface area contributed by atoms with Crippen LogP contribution in [0.2, 0.25) is 0 Å². The lowest BCUT2D eigenvalue weighted by Crippen LogP contribution is -2.39. The fraction of sp³-hybridized carbons (Fsp3) is 1.00. The van der Waals surface area contributed by atoms with Gasteiger partial charge in [-0.05, 0) is 44.8 Å². The van der Waals surface area contributed by atoms with Crippen LogP contribution in [0.1, 0.15) is 19.3 Å². The molecule has 13 heavy (non-hydrogen) atoms. The molecule has 2 saturated heterocycles. The molecule has 0 aliphatic carbocycles. The zero-order valence-corrected chi connectivity index (χ0v) is 8.22. The molecule has 76 valence electrons. The summed E-state index contributed by atoms with van der Waals surface area (Å²) in [4.78, 5) is 0. The van der Waals surface area contributed by atoms with Gasteiger partial charge in [0.2, 0.25) is 0 Å². The molecule has 3 heteroatoms. The van der Waals surface area contributed by atoms with E-state index in [1.807, 2.05) is 0 Å². The van der Waals surface area contributed by atoms with Crippen molar-refractivity contribution in [2.24, 2.45) is 5.92 Å². The second-order valence-electron chi connectivity index (χ2n) is 4.18. The lowest BCUT2D eigenvalue weighted by atomic mass is 9.99. The number of piperidine rings is 1. The van der Waals surface area contributed by atoms with E-state index in [0.29, 0.717) is 6.04 Å². The second kappa shape index (κ2) is 4.94. The van der Waals surface area contributed by atoms with Crippen molar-refractivity contribution in [1.29, 1.82) is 0 Å². The average molecular weight is 184 g/mol. The minimum Gasteiger partial charge on any atom is -0.380 e. The number of hydrogen-bond acceptors (Lipinski definition) is 3. The summed E-state index contributed by atoms with van der Waals surface area (Å²) in [6.07, 6.45) is 3.92. The first-order valence-corrected chi connectivity index (χ1v) is 5.47. The van der Waals surface area contributed by atoms with Crippen molar-refractivity contribution in [3.05, 3.63) is 0 Å². The van der Waals surface area contributed by atoms with Gasteiger partial charge >= 0.3 is 0 Å². The van der Waals surface area contributed by atoms with Crippen LogP contribution >= 0.6 is 0 Å². The van der Waals surface area contributed by atoms with E-state index in [1.165, 1.54) is 38.9 Å². The maximum Gasteiger partial charge on any atom is 0.0620 e. The Hall–Kier alpha value is -0.120. The zero-order chi connectivity index (χ0) is 8.93. The molecule has 0 aromatic heterocycles. The lowest BCUT2D eigenvalue weighted by molar-refractivity contribution is 0.188. The molecule has 0 saturated carbocycles. The Kier molecular flexibility index (Phi) is 3.58. The van der Waals surface area contributed by atoms with Crippen LogP contribution in [0.25, 0.3) is 0 Å². The molecule has 2 fully saturated rings. The number of ether oxygens (including phenoxy) is 1. The Labute approximate surface area is 80.2 Å². The molecule has 0 aromatic rings. The average Bonchev–Trinajstić information content (AvgIpc) is 2.69. The highest BCUT2D eigenvalue weighted by atomic mass is 16.5. The van der Waals surface area contributed by atoms with Gasteiger partial charge in [-0.3, -0.25) is 0 Å². The second-order valence-corrected chi connectivity index (χ2v) is 4.18. The Balaban J connectivity index is 1.60. The van der Waals surface area contributed by atoms with Gasteiger partial charge in [0.15, 0.2) is 0 Å². The van der Waals surface area contributed by atoms with E-state index in [0.717, 1.165) is 19.1 Å². The normalized spacial score (nSPS) is 35.1. The standard InChI is InChI=1S/C10H20N2O/c1-2-9(6-11-4-1)7-12-10-3-5-13-8-10/h9-12H,1-8H2. The summed E-state index contributed by atoms with van der Waals surface area (Å²) in [6.45, 7) is 5.44. The van der Waals surface area contributed by atoms with Gasteiger partial charge in [-0.25, -0.2) is 0 Å². The Bertz CT molecular complexity index is 140. The maximum absolute atomic E-state index is 5.32. The van der Waals surface area contributed by atoms with E-state index in [4.69, 9.17) is 4.74 Å². The Morgan fingerprint density at radius 1 is 1.38 bits per heavy atom. The van der Waals surface area contributed by atoms with Gasteiger partial charge in [-0.2, -0.15) is 0 Å². The van der Waals surface area contributed by atoms with Crippen molar-refractivity contribution in [2.45, 2.75) is 25.3 Å². The third-order valence-electron chi connectivity index (χ3n) is 3.02. The highest BCUT2D eigenvalue weighted by Gasteiger charge is 2.18. The number of rotatable bonds is 3. The fourth-order valence-electron chi connectivity index (χ4n) is 2.13. The zero-order valence-electron chi connectivity index (χ0n) is 8.22. The molecular weight excluding hydrogens is 164 g/mol. The van der Waals surface area contributed by atoms with Crippen LogP contribution in [0.4, 0.5) is 0 Å². The van der Waals surface area contributed by atoms with Crippen molar-refractivity contribution in [3.63, 3.8) is 0 Å². The van der Waals surface area contributed by atoms with E-state index in [1.54, 1.807) is 0 Å². The first kappa shape index (κ1) is 9.44. The van der Waals surface area contributed by atoms with Crippen molar-refractivity contribution in [1.82, 2.24) is 10.6 Å². The van der Waals surface area contributed by atoms with Crippen LogP contribution in [0.3, 0.4) is 0 Å². The SMILES string of the molecule is C1CNCC(CNC2CCOC2)C1. The van der Waals surface area contributed by atoms with Gasteiger partial charge in [0, 0.05) is 12.6 Å². The predicted molar refractivity (Wildman–Crippen MR) is 52.8 cm³/mol. The molecule has 2 N–H and O–H groups in total. The molecule has 0 amide bonds. The fourth-order valence-corrected chi connectivity index (χ4v) is 2.13. The topological polar surface area (TPSA) is 33.3 Å². The summed E-state index contributed by atoms with van der Waals surface area (Å²) in [5.41, 5.74) is 0. The van der Waals surface area contributed by atoms with Crippen LogP contribution in [-0.4, -0.2) is 38.9 Å². The maximum atomic E-state index is 5.32. The largest absolute Gasteiger partial charge is 0.380 e. The smallest absolute Gasteiger partial charge is 0.0620 e. The highest BCUT2D eigenvalue weighted by Crippen LogP contribution is 2.10. The predicted octanol–water partition coefficient (Wildman–Crippen LogP) is 0.364. The van der Waals surface area contributed by atoms with E-state index in [2.05, 4.69) is 10.6 Å². The quantitative estimate of drug-likeness (QED) is 0.664. The molecule has 2 heterocycles. The van der Waals surface area contributed by atoms with Crippen LogP contribution in [0.5, 0.6) is 0 Å². The molecule has 2 aliphatic heterocycles. The van der Waals surface area contributed by atoms with Crippen LogP contribution in [-0.2, 0) is 4.74 Å². The molecular formula is C10H20N2O. The van der Waals surface area contributed by atoms with Crippen molar-refractivity contribution in [2.75, 3.05) is 32.8 Å². The van der Waals surface area contributed by atoms with Crippen molar-refractivity contribution < 1.29 is 4.74 Å². The summed E-state index contributed by atoms with van der Waals surface area (Å²) >= 11 is 0. The van der Waals surface area contributed by atoms with E-state index < -0.39 is 0 Å². The van der Waals surface area contributed by atoms with Gasteiger partial charge in [-0.1, -0.05) is 0 Å². The lowest BCUT2D eigenvalue weighted by Gasteiger charge is -2.24. The molecule has 0 spiro atoms. The minimum atomic E-state index is 0.627. The molecule has 2 atom stereocenters. The Morgan fingerprint density at radius 2 is 2.38 bits per heavy atom. The summed E-state index contributed by atoms with van der Waals surface area (Å²) in [7, 11) is 0. The molecule has 2 unspecified atom stereocenters. The molecule has 2 rings (SSSR count). The van der Waals surface area contributed by atoms with Gasteiger partial charge < -0.3 is 15.4 Å². The van der Waals surface area contributed by atoms with E-state index >= 15 is 0 Å². The van der Waals surface area contributed by atoms with Gasteiger partial charge in [0.05, 0.1) is 6.61 Å². The minimum absolute atomic E-state index is 0.627. The molecule has 0 aromatic carbocycles. The highest BCUT2D eigenvalue weighted by molar-refractivity contribution is 4.76. The first-order chi connectivity index (χ1) is 6.45. The summed E-state index contributed by atoms with van der Waals surface area (Å²) in [5.74, 6) is 0.842. The van der Waals surface area contributed by atoms with Gasteiger partial charge in [-0.15, -0.1) is 0 Å². The Morgan fingerprint density at radius 3 is 3.08 bits per heavy atom. The molecule has 3 nitrogen and oxygen atoms in total. The third-order valence-corrected chi connectivity index (χ3v) is 3.02. The summed E-state index contributed by atoms with van der Waals surface area (Å²) in [5, 5.41) is 7.03. The van der Waals surface area contributed by atoms with E-state index in [-0.39, 0.29) is 0 Å². The third kappa shape index (κ3) is 2.93. The first-order valence-electron chi connectivity index (χ1n) is 5.47. The van der Waals surface area contributed by atoms with Crippen LogP contribution in [0, 0.1) is 5.92 Å². The van der Waals surface area contributed by atoms with Crippen LogP contribution in [0.15, 0.2) is 0 Å². The summed E-state index contributed by atoms with van der Waals surface area (Å²) in [6, 6.07) is 0.627.